The third-order valence-corrected chi connectivity index (χ3v) is 3.20. The lowest BCUT2D eigenvalue weighted by Gasteiger charge is -2.04. The average Bonchev–Trinajstić information content (AvgIpc) is 2.51. The fourth-order valence-corrected chi connectivity index (χ4v) is 2.20. The molecule has 1 heterocycles. The van der Waals surface area contributed by atoms with E-state index in [9.17, 15) is 4.79 Å². The van der Waals surface area contributed by atoms with Gasteiger partial charge >= 0.3 is 0 Å². The van der Waals surface area contributed by atoms with Gasteiger partial charge in [-0.2, -0.15) is 5.26 Å². The maximum atomic E-state index is 11.4. The molecule has 0 aliphatic carbocycles. The third kappa shape index (κ3) is 2.54. The average molecular weight is 259 g/mol. The van der Waals surface area contributed by atoms with E-state index < -0.39 is 6.04 Å². The van der Waals surface area contributed by atoms with Crippen LogP contribution in [-0.4, -0.2) is 11.9 Å². The second-order valence-corrected chi connectivity index (χ2v) is 4.19. The minimum atomic E-state index is -0.457. The van der Waals surface area contributed by atoms with Crippen LogP contribution < -0.4 is 5.32 Å². The molecule has 0 saturated heterocycles. The number of amides is 1. The highest BCUT2D eigenvalue weighted by Gasteiger charge is 2.12. The van der Waals surface area contributed by atoms with Gasteiger partial charge in [-0.25, -0.2) is 0 Å². The van der Waals surface area contributed by atoms with Crippen molar-refractivity contribution in [3.05, 3.63) is 20.8 Å². The molecule has 1 aromatic rings. The van der Waals surface area contributed by atoms with Crippen LogP contribution in [0.5, 0.6) is 0 Å². The molecule has 1 N–H and O–H groups in total. The van der Waals surface area contributed by atoms with Crippen molar-refractivity contribution in [2.24, 2.45) is 0 Å². The minimum absolute atomic E-state index is 0.212. The molecule has 0 aliphatic heterocycles. The molecule has 5 heteroatoms. The molecule has 0 spiro atoms. The van der Waals surface area contributed by atoms with Gasteiger partial charge in [-0.3, -0.25) is 4.79 Å². The number of carbonyl (C=O) groups is 1. The lowest BCUT2D eigenvalue weighted by atomic mass is 10.3. The van der Waals surface area contributed by atoms with Crippen LogP contribution in [0.15, 0.2) is 15.9 Å². The van der Waals surface area contributed by atoms with Crippen molar-refractivity contribution in [1.82, 2.24) is 5.32 Å². The van der Waals surface area contributed by atoms with Crippen molar-refractivity contribution in [3.63, 3.8) is 0 Å². The zero-order chi connectivity index (χ0) is 9.84. The molecule has 0 bridgehead atoms. The van der Waals surface area contributed by atoms with Crippen molar-refractivity contribution in [1.29, 1.82) is 5.26 Å². The molecule has 0 aromatic carbocycles. The molecule has 13 heavy (non-hydrogen) atoms. The molecule has 0 fully saturated rings. The lowest BCUT2D eigenvalue weighted by Crippen LogP contribution is -2.30. The number of rotatable bonds is 2. The maximum absolute atomic E-state index is 11.4. The molecule has 1 atom stereocenters. The summed E-state index contributed by atoms with van der Waals surface area (Å²) >= 11 is 4.59. The fraction of sp³-hybridized carbons (Fsp3) is 0.250. The molecule has 0 aliphatic rings. The van der Waals surface area contributed by atoms with Crippen LogP contribution in [0.3, 0.4) is 0 Å². The van der Waals surface area contributed by atoms with Crippen LogP contribution in [0.4, 0.5) is 0 Å². The summed E-state index contributed by atoms with van der Waals surface area (Å²) in [6.45, 7) is 1.64. The Balaban J connectivity index is 2.71. The smallest absolute Gasteiger partial charge is 0.263 e. The zero-order valence-corrected chi connectivity index (χ0v) is 9.28. The quantitative estimate of drug-likeness (QED) is 0.884. The summed E-state index contributed by atoms with van der Waals surface area (Å²) in [6, 6.07) is 3.28. The van der Waals surface area contributed by atoms with Gasteiger partial charge in [0.25, 0.3) is 5.91 Å². The van der Waals surface area contributed by atoms with Gasteiger partial charge in [-0.15, -0.1) is 11.3 Å². The largest absolute Gasteiger partial charge is 0.336 e. The molecule has 0 radical (unpaired) electrons. The summed E-state index contributed by atoms with van der Waals surface area (Å²) in [4.78, 5) is 12.0. The predicted molar refractivity (Wildman–Crippen MR) is 54.6 cm³/mol. The molecule has 3 nitrogen and oxygen atoms in total. The standard InChI is InChI=1S/C8H7BrN2OS/c1-5(4-10)11-8(12)7-6(9)2-3-13-7/h2-3,5H,1H3,(H,11,12). The Bertz CT molecular complexity index is 355. The number of nitrogens with one attached hydrogen (secondary N) is 1. The summed E-state index contributed by atoms with van der Waals surface area (Å²) in [5, 5.41) is 12.8. The van der Waals surface area contributed by atoms with Crippen molar-refractivity contribution < 1.29 is 4.79 Å². The van der Waals surface area contributed by atoms with E-state index in [1.54, 1.807) is 13.0 Å². The number of halogens is 1. The highest BCUT2D eigenvalue weighted by molar-refractivity contribution is 9.10. The second-order valence-electron chi connectivity index (χ2n) is 2.42. The van der Waals surface area contributed by atoms with E-state index in [2.05, 4.69) is 21.2 Å². The minimum Gasteiger partial charge on any atom is -0.336 e. The Morgan fingerprint density at radius 3 is 3.00 bits per heavy atom. The van der Waals surface area contributed by atoms with Gasteiger partial charge in [0.05, 0.1) is 6.07 Å². The lowest BCUT2D eigenvalue weighted by molar-refractivity contribution is 0.0951. The molecule has 1 unspecified atom stereocenters. The topological polar surface area (TPSA) is 52.9 Å². The Kier molecular flexibility index (Phi) is 3.46. The van der Waals surface area contributed by atoms with Crippen LogP contribution in [0, 0.1) is 11.3 Å². The number of hydrogen-bond donors (Lipinski definition) is 1. The predicted octanol–water partition coefficient (Wildman–Crippen LogP) is 2.15. The molecule has 0 saturated carbocycles. The normalized spacial score (nSPS) is 11.8. The fourth-order valence-electron chi connectivity index (χ4n) is 0.750. The van der Waals surface area contributed by atoms with Gasteiger partial charge in [0, 0.05) is 4.47 Å². The number of hydrogen-bond acceptors (Lipinski definition) is 3. The third-order valence-electron chi connectivity index (χ3n) is 1.36. The van der Waals surface area contributed by atoms with Gasteiger partial charge in [0.15, 0.2) is 0 Å². The first-order valence-corrected chi connectivity index (χ1v) is 5.26. The summed E-state index contributed by atoms with van der Waals surface area (Å²) in [7, 11) is 0. The van der Waals surface area contributed by atoms with Gasteiger partial charge in [-0.05, 0) is 34.3 Å². The Morgan fingerprint density at radius 2 is 2.54 bits per heavy atom. The maximum Gasteiger partial charge on any atom is 0.263 e. The first kappa shape index (κ1) is 10.2. The Labute approximate surface area is 88.5 Å². The van der Waals surface area contributed by atoms with Gasteiger partial charge in [0.2, 0.25) is 0 Å². The van der Waals surface area contributed by atoms with Crippen LogP contribution in [-0.2, 0) is 0 Å². The van der Waals surface area contributed by atoms with Crippen molar-refractivity contribution in [2.45, 2.75) is 13.0 Å². The molecular formula is C8H7BrN2OS. The van der Waals surface area contributed by atoms with Gasteiger partial charge in [0.1, 0.15) is 10.9 Å². The first-order chi connectivity index (χ1) is 6.15. The van der Waals surface area contributed by atoms with Gasteiger partial charge in [-0.1, -0.05) is 0 Å². The van der Waals surface area contributed by atoms with Crippen LogP contribution >= 0.6 is 27.3 Å². The highest BCUT2D eigenvalue weighted by Crippen LogP contribution is 2.22. The Hall–Kier alpha value is -0.860. The molecule has 1 aromatic heterocycles. The number of carbonyl (C=O) groups excluding carboxylic acids is 1. The van der Waals surface area contributed by atoms with Crippen LogP contribution in [0.1, 0.15) is 16.6 Å². The Morgan fingerprint density at radius 1 is 1.85 bits per heavy atom. The molecule has 68 valence electrons. The van der Waals surface area contributed by atoms with Crippen molar-refractivity contribution >= 4 is 33.2 Å². The van der Waals surface area contributed by atoms with Crippen molar-refractivity contribution in [3.8, 4) is 6.07 Å². The summed E-state index contributed by atoms with van der Waals surface area (Å²) in [5.41, 5.74) is 0. The van der Waals surface area contributed by atoms with E-state index in [0.717, 1.165) is 4.47 Å². The van der Waals surface area contributed by atoms with Crippen LogP contribution in [0.2, 0.25) is 0 Å². The SMILES string of the molecule is CC(C#N)NC(=O)c1sccc1Br. The van der Waals surface area contributed by atoms with E-state index in [1.165, 1.54) is 11.3 Å². The first-order valence-electron chi connectivity index (χ1n) is 3.58. The summed E-state index contributed by atoms with van der Waals surface area (Å²) < 4.78 is 0.764. The van der Waals surface area contributed by atoms with Crippen LogP contribution in [0.25, 0.3) is 0 Å². The molecule has 1 amide bonds. The van der Waals surface area contributed by atoms with Gasteiger partial charge < -0.3 is 5.32 Å². The monoisotopic (exact) mass is 258 g/mol. The van der Waals surface area contributed by atoms with Crippen molar-refractivity contribution in [2.75, 3.05) is 0 Å². The van der Waals surface area contributed by atoms with E-state index in [0.29, 0.717) is 4.88 Å². The summed E-state index contributed by atoms with van der Waals surface area (Å²) in [5.74, 6) is -0.212. The van der Waals surface area contributed by atoms with E-state index >= 15 is 0 Å². The second kappa shape index (κ2) is 4.40. The number of nitrogens with zero attached hydrogens (tertiary/aromatic N) is 1. The van der Waals surface area contributed by atoms with E-state index in [-0.39, 0.29) is 5.91 Å². The highest BCUT2D eigenvalue weighted by atomic mass is 79.9. The van der Waals surface area contributed by atoms with E-state index in [1.807, 2.05) is 11.4 Å². The number of thiophene rings is 1. The molecule has 1 rings (SSSR count). The summed E-state index contributed by atoms with van der Waals surface area (Å²) in [6.07, 6.45) is 0. The van der Waals surface area contributed by atoms with E-state index in [4.69, 9.17) is 5.26 Å². The number of nitriles is 1. The molecular weight excluding hydrogens is 252 g/mol. The zero-order valence-electron chi connectivity index (χ0n) is 6.87.